The molecule has 32 heavy (non-hydrogen) atoms. The predicted octanol–water partition coefficient (Wildman–Crippen LogP) is 3.00. The summed E-state index contributed by atoms with van der Waals surface area (Å²) in [5.41, 5.74) is 2.13. The molecule has 2 aromatic carbocycles. The minimum absolute atomic E-state index is 0.261. The van der Waals surface area contributed by atoms with Gasteiger partial charge in [-0.1, -0.05) is 6.07 Å². The average Bonchev–Trinajstić information content (AvgIpc) is 3.48. The van der Waals surface area contributed by atoms with E-state index in [2.05, 4.69) is 37.2 Å². The first-order valence-corrected chi connectivity index (χ1v) is 10.6. The van der Waals surface area contributed by atoms with Crippen molar-refractivity contribution in [1.82, 2.24) is 14.9 Å². The number of rotatable bonds is 5. The maximum atomic E-state index is 5.50. The smallest absolute Gasteiger partial charge is 0.231 e. The highest BCUT2D eigenvalue weighted by Gasteiger charge is 2.20. The van der Waals surface area contributed by atoms with Crippen LogP contribution < -0.4 is 29.2 Å². The molecule has 4 heterocycles. The highest BCUT2D eigenvalue weighted by atomic mass is 16.7. The van der Waals surface area contributed by atoms with E-state index in [-0.39, 0.29) is 6.79 Å². The highest BCUT2D eigenvalue weighted by Crippen LogP contribution is 2.35. The van der Waals surface area contributed by atoms with Crippen molar-refractivity contribution < 1.29 is 18.9 Å². The number of fused-ring (bicyclic) bond motifs is 2. The fourth-order valence-corrected chi connectivity index (χ4v) is 4.14. The zero-order chi connectivity index (χ0) is 21.3. The minimum Gasteiger partial charge on any atom is -0.454 e. The Morgan fingerprint density at radius 2 is 1.47 bits per heavy atom. The second-order valence-corrected chi connectivity index (χ2v) is 7.91. The van der Waals surface area contributed by atoms with E-state index in [0.29, 0.717) is 6.79 Å². The Labute approximate surface area is 185 Å². The van der Waals surface area contributed by atoms with Gasteiger partial charge in [0.05, 0.1) is 0 Å². The van der Waals surface area contributed by atoms with E-state index in [4.69, 9.17) is 18.9 Å². The Morgan fingerprint density at radius 3 is 2.28 bits per heavy atom. The number of benzene rings is 2. The maximum Gasteiger partial charge on any atom is 0.231 e. The number of hydrogen-bond acceptors (Lipinski definition) is 9. The van der Waals surface area contributed by atoms with E-state index in [0.717, 1.165) is 73.0 Å². The summed E-state index contributed by atoms with van der Waals surface area (Å²) in [6.07, 6.45) is 1.60. The molecule has 1 saturated heterocycles. The molecule has 1 aromatic heterocycles. The summed E-state index contributed by atoms with van der Waals surface area (Å²) in [7, 11) is 0. The van der Waals surface area contributed by atoms with Crippen molar-refractivity contribution in [3.8, 4) is 23.0 Å². The molecule has 0 saturated carbocycles. The van der Waals surface area contributed by atoms with Gasteiger partial charge in [0.15, 0.2) is 23.0 Å². The number of nitrogens with one attached hydrogen (secondary N) is 1. The number of hydrogen-bond donors (Lipinski definition) is 1. The van der Waals surface area contributed by atoms with Crippen LogP contribution in [-0.4, -0.2) is 54.6 Å². The summed E-state index contributed by atoms with van der Waals surface area (Å²) in [6.45, 7) is 5.20. The van der Waals surface area contributed by atoms with Gasteiger partial charge in [0.2, 0.25) is 13.6 Å². The predicted molar refractivity (Wildman–Crippen MR) is 118 cm³/mol. The quantitative estimate of drug-likeness (QED) is 0.653. The molecule has 164 valence electrons. The van der Waals surface area contributed by atoms with Gasteiger partial charge in [0.25, 0.3) is 0 Å². The zero-order valence-electron chi connectivity index (χ0n) is 17.5. The summed E-state index contributed by atoms with van der Waals surface area (Å²) >= 11 is 0. The summed E-state index contributed by atoms with van der Waals surface area (Å²) in [5.74, 6) is 4.83. The molecule has 0 unspecified atom stereocenters. The Balaban J connectivity index is 1.07. The second kappa shape index (κ2) is 8.08. The molecule has 0 radical (unpaired) electrons. The standard InChI is InChI=1S/C23H23N5O4/c1-3-18-20(31-14-29-18)9-16(1)12-27-5-7-28(8-6-27)23-11-22(24-13-25-23)26-17-2-4-19-21(10-17)32-15-30-19/h1-4,9-11,13H,5-8,12,14-15H2,(H,24,25,26). The molecular formula is C23H23N5O4. The summed E-state index contributed by atoms with van der Waals surface area (Å²) in [5, 5.41) is 3.33. The van der Waals surface area contributed by atoms with Crippen molar-refractivity contribution in [3.63, 3.8) is 0 Å². The molecule has 1 fully saturated rings. The minimum atomic E-state index is 0.261. The summed E-state index contributed by atoms with van der Waals surface area (Å²) < 4.78 is 21.7. The van der Waals surface area contributed by atoms with Crippen LogP contribution in [0, 0.1) is 0 Å². The summed E-state index contributed by atoms with van der Waals surface area (Å²) in [6, 6.07) is 13.9. The first kappa shape index (κ1) is 19.0. The van der Waals surface area contributed by atoms with Crippen LogP contribution in [0.15, 0.2) is 48.8 Å². The van der Waals surface area contributed by atoms with Gasteiger partial charge in [-0.3, -0.25) is 4.90 Å². The third-order valence-electron chi connectivity index (χ3n) is 5.84. The Hall–Kier alpha value is -3.72. The van der Waals surface area contributed by atoms with Crippen LogP contribution in [0.5, 0.6) is 23.0 Å². The number of piperazine rings is 1. The third-order valence-corrected chi connectivity index (χ3v) is 5.84. The largest absolute Gasteiger partial charge is 0.454 e. The molecule has 3 aliphatic heterocycles. The molecule has 1 N–H and O–H groups in total. The lowest BCUT2D eigenvalue weighted by Crippen LogP contribution is -2.46. The van der Waals surface area contributed by atoms with Gasteiger partial charge in [0, 0.05) is 50.5 Å². The fourth-order valence-electron chi connectivity index (χ4n) is 4.14. The number of ether oxygens (including phenoxy) is 4. The van der Waals surface area contributed by atoms with Crippen LogP contribution in [0.3, 0.4) is 0 Å². The molecule has 0 bridgehead atoms. The lowest BCUT2D eigenvalue weighted by atomic mass is 10.1. The van der Waals surface area contributed by atoms with E-state index in [1.807, 2.05) is 30.3 Å². The SMILES string of the molecule is c1nc(Nc2ccc3c(c2)OCO3)cc(N2CCN(Cc3ccc4c(c3)OCO4)CC2)n1. The molecule has 0 aliphatic carbocycles. The van der Waals surface area contributed by atoms with Crippen molar-refractivity contribution in [2.75, 3.05) is 50.0 Å². The van der Waals surface area contributed by atoms with Crippen molar-refractivity contribution in [2.45, 2.75) is 6.54 Å². The van der Waals surface area contributed by atoms with Gasteiger partial charge >= 0.3 is 0 Å². The van der Waals surface area contributed by atoms with Crippen molar-refractivity contribution in [1.29, 1.82) is 0 Å². The van der Waals surface area contributed by atoms with Crippen molar-refractivity contribution >= 4 is 17.3 Å². The average molecular weight is 433 g/mol. The molecule has 0 amide bonds. The van der Waals surface area contributed by atoms with Crippen LogP contribution in [0.25, 0.3) is 0 Å². The number of anilines is 3. The molecule has 3 aromatic rings. The fraction of sp³-hybridized carbons (Fsp3) is 0.304. The lowest BCUT2D eigenvalue weighted by molar-refractivity contribution is 0.173. The van der Waals surface area contributed by atoms with E-state index in [1.54, 1.807) is 6.33 Å². The van der Waals surface area contributed by atoms with Crippen LogP contribution >= 0.6 is 0 Å². The second-order valence-electron chi connectivity index (χ2n) is 7.91. The molecule has 9 nitrogen and oxygen atoms in total. The van der Waals surface area contributed by atoms with Gasteiger partial charge in [0.1, 0.15) is 18.0 Å². The monoisotopic (exact) mass is 433 g/mol. The van der Waals surface area contributed by atoms with Gasteiger partial charge < -0.3 is 29.2 Å². The molecule has 0 atom stereocenters. The number of aromatic nitrogens is 2. The van der Waals surface area contributed by atoms with Gasteiger partial charge in [-0.2, -0.15) is 0 Å². The van der Waals surface area contributed by atoms with Crippen molar-refractivity contribution in [2.24, 2.45) is 0 Å². The van der Waals surface area contributed by atoms with E-state index in [1.165, 1.54) is 5.56 Å². The summed E-state index contributed by atoms with van der Waals surface area (Å²) in [4.78, 5) is 13.6. The van der Waals surface area contributed by atoms with Crippen LogP contribution in [0.1, 0.15) is 5.56 Å². The lowest BCUT2D eigenvalue weighted by Gasteiger charge is -2.35. The highest BCUT2D eigenvalue weighted by molar-refractivity contribution is 5.63. The zero-order valence-corrected chi connectivity index (χ0v) is 17.5. The van der Waals surface area contributed by atoms with Gasteiger partial charge in [-0.05, 0) is 29.8 Å². The molecular weight excluding hydrogens is 410 g/mol. The maximum absolute atomic E-state index is 5.50. The molecule has 9 heteroatoms. The first-order chi connectivity index (χ1) is 15.8. The van der Waals surface area contributed by atoms with Crippen LogP contribution in [0.4, 0.5) is 17.3 Å². The molecule has 6 rings (SSSR count). The van der Waals surface area contributed by atoms with Crippen LogP contribution in [0.2, 0.25) is 0 Å². The third kappa shape index (κ3) is 3.82. The topological polar surface area (TPSA) is 81.2 Å². The van der Waals surface area contributed by atoms with Gasteiger partial charge in [-0.15, -0.1) is 0 Å². The van der Waals surface area contributed by atoms with E-state index in [9.17, 15) is 0 Å². The van der Waals surface area contributed by atoms with E-state index >= 15 is 0 Å². The van der Waals surface area contributed by atoms with Gasteiger partial charge in [-0.25, -0.2) is 9.97 Å². The Morgan fingerprint density at radius 1 is 0.750 bits per heavy atom. The molecule has 3 aliphatic rings. The van der Waals surface area contributed by atoms with Crippen LogP contribution in [-0.2, 0) is 6.54 Å². The molecule has 0 spiro atoms. The van der Waals surface area contributed by atoms with Crippen molar-refractivity contribution in [3.05, 3.63) is 54.4 Å². The normalized spacial score (nSPS) is 16.9. The number of nitrogens with zero attached hydrogens (tertiary/aromatic N) is 4. The Kier molecular flexibility index (Phi) is 4.80. The Bertz CT molecular complexity index is 1130. The van der Waals surface area contributed by atoms with E-state index < -0.39 is 0 Å². The first-order valence-electron chi connectivity index (χ1n) is 10.6.